The van der Waals surface area contributed by atoms with E-state index in [-0.39, 0.29) is 0 Å². The Morgan fingerprint density at radius 1 is 0.390 bits per heavy atom. The third kappa shape index (κ3) is 6.67. The molecule has 0 radical (unpaired) electrons. The van der Waals surface area contributed by atoms with Gasteiger partial charge < -0.3 is 8.23 Å². The lowest BCUT2D eigenvalue weighted by molar-refractivity contribution is 0.411. The second-order valence-electron chi connectivity index (χ2n) is 10.2. The van der Waals surface area contributed by atoms with E-state index >= 15 is 0 Å². The second-order valence-corrected chi connectivity index (χ2v) is 21.0. The molecule has 0 heterocycles. The molecule has 208 valence electrons. The van der Waals surface area contributed by atoms with Gasteiger partial charge in [-0.1, -0.05) is 146 Å². The Morgan fingerprint density at radius 2 is 0.634 bits per heavy atom. The van der Waals surface area contributed by atoms with E-state index < -0.39 is 25.2 Å². The van der Waals surface area contributed by atoms with Crippen LogP contribution in [-0.2, 0) is 8.23 Å². The molecule has 4 rings (SSSR count). The van der Waals surface area contributed by atoms with Crippen molar-refractivity contribution in [1.29, 1.82) is 0 Å². The van der Waals surface area contributed by atoms with Crippen LogP contribution >= 0.6 is 0 Å². The minimum Gasteiger partial charge on any atom is -0.425 e. The first-order chi connectivity index (χ1) is 20.1. The molecule has 0 bridgehead atoms. The molecule has 4 aromatic carbocycles. The molecule has 5 heteroatoms. The van der Waals surface area contributed by atoms with Gasteiger partial charge in [0, 0.05) is 0 Å². The van der Waals surface area contributed by atoms with Gasteiger partial charge in [0.25, 0.3) is 0 Å². The van der Waals surface area contributed by atoms with Crippen molar-refractivity contribution in [3.05, 3.63) is 172 Å². The first-order valence-corrected chi connectivity index (χ1v) is 20.6. The molecule has 0 aliphatic heterocycles. The van der Waals surface area contributed by atoms with Crippen molar-refractivity contribution in [1.82, 2.24) is 0 Å². The van der Waals surface area contributed by atoms with Gasteiger partial charge in [-0.25, -0.2) is 0 Å². The fourth-order valence-corrected chi connectivity index (χ4v) is 21.1. The first kappa shape index (κ1) is 30.4. The first-order valence-electron chi connectivity index (χ1n) is 14.1. The summed E-state index contributed by atoms with van der Waals surface area (Å²) in [5, 5.41) is 4.61. The zero-order valence-electron chi connectivity index (χ0n) is 23.8. The van der Waals surface area contributed by atoms with Crippen molar-refractivity contribution in [2.45, 2.75) is 24.2 Å². The molecule has 0 fully saturated rings. The molecular weight excluding hydrogens is 549 g/mol. The Balaban J connectivity index is 2.08. The predicted molar refractivity (Wildman–Crippen MR) is 184 cm³/mol. The largest absolute Gasteiger partial charge is 0.425 e. The average molecular weight is 589 g/mol. The minimum absolute atomic E-state index is 0.740. The minimum atomic E-state index is -3.40. The van der Waals surface area contributed by atoms with Gasteiger partial charge in [0.05, 0.1) is 0 Å². The van der Waals surface area contributed by atoms with Gasteiger partial charge in [0.2, 0.25) is 16.6 Å². The van der Waals surface area contributed by atoms with E-state index in [9.17, 15) is 0 Å². The van der Waals surface area contributed by atoms with Gasteiger partial charge in [-0.2, -0.15) is 0 Å². The van der Waals surface area contributed by atoms with Crippen molar-refractivity contribution in [3.8, 4) is 0 Å². The van der Waals surface area contributed by atoms with Crippen molar-refractivity contribution < 1.29 is 8.23 Å². The van der Waals surface area contributed by atoms with E-state index in [1.807, 2.05) is 24.3 Å². The zero-order valence-corrected chi connectivity index (χ0v) is 26.8. The number of hydrogen-bond acceptors (Lipinski definition) is 2. The van der Waals surface area contributed by atoms with Crippen LogP contribution in [0.1, 0.15) is 0 Å². The molecule has 0 N–H and O–H groups in total. The lowest BCUT2D eigenvalue weighted by Gasteiger charge is -2.46. The molecule has 0 saturated heterocycles. The summed E-state index contributed by atoms with van der Waals surface area (Å²) in [7, 11) is -8.90. The van der Waals surface area contributed by atoms with Crippen LogP contribution in [0.4, 0.5) is 0 Å². The van der Waals surface area contributed by atoms with Crippen molar-refractivity contribution in [2.24, 2.45) is 0 Å². The van der Waals surface area contributed by atoms with E-state index in [4.69, 9.17) is 8.23 Å². The number of benzene rings is 4. The van der Waals surface area contributed by atoms with Crippen LogP contribution in [0.15, 0.2) is 172 Å². The van der Waals surface area contributed by atoms with Crippen LogP contribution in [0, 0.1) is 0 Å². The molecule has 0 aliphatic carbocycles. The van der Waals surface area contributed by atoms with Crippen LogP contribution in [0.25, 0.3) is 0 Å². The van der Waals surface area contributed by atoms with E-state index in [1.165, 1.54) is 10.4 Å². The van der Waals surface area contributed by atoms with Crippen LogP contribution in [0.3, 0.4) is 0 Å². The number of rotatable bonds is 16. The van der Waals surface area contributed by atoms with E-state index in [1.54, 1.807) is 0 Å². The summed E-state index contributed by atoms with van der Waals surface area (Å²) < 4.78 is 15.8. The number of hydrogen-bond donors (Lipinski definition) is 0. The normalized spacial score (nSPS) is 11.9. The standard InChI is InChI=1S/C36H40O2Si3/c1-5-29-39(30-6-2,33-21-13-9-14-22-33)37-41(35-25-17-11-18-26-35,36-27-19-12-20-28-36)38-40(31-7-3,32-8-4)34-23-15-10-16-24-34/h5-28H,1-4,29-32H2. The average Bonchev–Trinajstić information content (AvgIpc) is 3.03. The van der Waals surface area contributed by atoms with E-state index in [0.29, 0.717) is 0 Å². The summed E-state index contributed by atoms with van der Waals surface area (Å²) in [6.45, 7) is 16.7. The molecule has 0 amide bonds. The molecule has 0 saturated carbocycles. The molecule has 0 aromatic heterocycles. The van der Waals surface area contributed by atoms with E-state index in [2.05, 4.69) is 148 Å². The lowest BCUT2D eigenvalue weighted by Crippen LogP contribution is -2.75. The Morgan fingerprint density at radius 3 is 0.878 bits per heavy atom. The Kier molecular flexibility index (Phi) is 10.6. The van der Waals surface area contributed by atoms with Crippen LogP contribution < -0.4 is 20.7 Å². The summed E-state index contributed by atoms with van der Waals surface area (Å²) in [4.78, 5) is 0. The van der Waals surface area contributed by atoms with Crippen molar-refractivity contribution >= 4 is 45.9 Å². The Labute approximate surface area is 249 Å². The lowest BCUT2D eigenvalue weighted by atomic mass is 10.4. The Bertz CT molecular complexity index is 1280. The molecule has 41 heavy (non-hydrogen) atoms. The predicted octanol–water partition coefficient (Wildman–Crippen LogP) is 6.73. The third-order valence-electron chi connectivity index (χ3n) is 7.48. The van der Waals surface area contributed by atoms with Gasteiger partial charge in [-0.15, -0.1) is 26.3 Å². The molecule has 0 unspecified atom stereocenters. The highest BCUT2D eigenvalue weighted by molar-refractivity contribution is 7.07. The van der Waals surface area contributed by atoms with Gasteiger partial charge in [0.15, 0.2) is 0 Å². The fraction of sp³-hybridized carbons (Fsp3) is 0.111. The van der Waals surface area contributed by atoms with Crippen molar-refractivity contribution in [3.63, 3.8) is 0 Å². The van der Waals surface area contributed by atoms with Crippen molar-refractivity contribution in [2.75, 3.05) is 0 Å². The fourth-order valence-electron chi connectivity index (χ4n) is 5.63. The van der Waals surface area contributed by atoms with Gasteiger partial charge in [-0.05, 0) is 44.9 Å². The number of allylic oxidation sites excluding steroid dienone is 4. The highest BCUT2D eigenvalue weighted by Crippen LogP contribution is 2.30. The zero-order chi connectivity index (χ0) is 29.0. The SMILES string of the molecule is C=CC[Si](CC=C)(O[Si](O[Si](CC=C)(CC=C)c1ccccc1)(c1ccccc1)c1ccccc1)c1ccccc1. The second kappa shape index (κ2) is 14.3. The molecule has 4 aromatic rings. The summed E-state index contributed by atoms with van der Waals surface area (Å²) in [5.74, 6) is 0. The molecule has 0 atom stereocenters. The van der Waals surface area contributed by atoms with Gasteiger partial charge in [-0.3, -0.25) is 0 Å². The molecule has 0 aliphatic rings. The topological polar surface area (TPSA) is 18.5 Å². The highest BCUT2D eigenvalue weighted by atomic mass is 28.5. The maximum absolute atomic E-state index is 7.91. The quantitative estimate of drug-likeness (QED) is 0.107. The summed E-state index contributed by atoms with van der Waals surface area (Å²) in [5.41, 5.74) is 0. The molecular formula is C36H40O2Si3. The van der Waals surface area contributed by atoms with Crippen LogP contribution in [0.2, 0.25) is 24.2 Å². The smallest absolute Gasteiger partial charge is 0.387 e. The summed E-state index contributed by atoms with van der Waals surface area (Å²) >= 11 is 0. The monoisotopic (exact) mass is 588 g/mol. The van der Waals surface area contributed by atoms with Crippen LogP contribution in [0.5, 0.6) is 0 Å². The summed E-state index contributed by atoms with van der Waals surface area (Å²) in [6, 6.07) is 45.4. The Hall–Kier alpha value is -3.59. The molecule has 2 nitrogen and oxygen atoms in total. The highest BCUT2D eigenvalue weighted by Gasteiger charge is 2.55. The van der Waals surface area contributed by atoms with Gasteiger partial charge in [0.1, 0.15) is 0 Å². The third-order valence-corrected chi connectivity index (χ3v) is 21.7. The van der Waals surface area contributed by atoms with Gasteiger partial charge >= 0.3 is 8.56 Å². The van der Waals surface area contributed by atoms with E-state index in [0.717, 1.165) is 34.5 Å². The molecule has 0 spiro atoms. The van der Waals surface area contributed by atoms with Crippen LogP contribution in [-0.4, -0.2) is 25.2 Å². The maximum atomic E-state index is 7.91. The maximum Gasteiger partial charge on any atom is 0.387 e. The summed E-state index contributed by atoms with van der Waals surface area (Å²) in [6.07, 6.45) is 8.03.